The standard InChI is InChI=1S/C27H24N8/c28-10-17-11-31-25-14-33-26(9-22(25)27(17)23-13-32-24-4-2-1-3-21(23)24)34-20-7-8-35(16-20)15-19-6-5-18(29)12-30-19/h1-6,9,11-14,20,32H,7-8,15-16,29H2,(H,33,34)/t20-/m1/s1. The highest BCUT2D eigenvalue weighted by Crippen LogP contribution is 2.36. The minimum absolute atomic E-state index is 0.275. The summed E-state index contributed by atoms with van der Waals surface area (Å²) >= 11 is 0. The number of H-pyrrole nitrogens is 1. The SMILES string of the molecule is N#Cc1cnc2cnc(N[C@@H]3CCN(Cc4ccc(N)cn4)C3)cc2c1-c1c[nH]c2ccccc12. The molecule has 6 rings (SSSR count). The molecule has 5 aromatic rings. The first-order chi connectivity index (χ1) is 17.2. The Hall–Kier alpha value is -4.48. The number of pyridine rings is 3. The lowest BCUT2D eigenvalue weighted by atomic mass is 9.97. The van der Waals surface area contributed by atoms with Gasteiger partial charge in [-0.2, -0.15) is 5.26 Å². The minimum atomic E-state index is 0.275. The second-order valence-corrected chi connectivity index (χ2v) is 8.94. The molecule has 0 saturated carbocycles. The summed E-state index contributed by atoms with van der Waals surface area (Å²) in [5, 5.41) is 15.4. The van der Waals surface area contributed by atoms with E-state index in [1.54, 1.807) is 18.6 Å². The average molecular weight is 461 g/mol. The van der Waals surface area contributed by atoms with E-state index in [1.807, 2.05) is 42.6 Å². The normalized spacial score (nSPS) is 16.0. The molecule has 0 aliphatic carbocycles. The number of aromatic amines is 1. The Balaban J connectivity index is 1.29. The molecule has 35 heavy (non-hydrogen) atoms. The molecule has 0 radical (unpaired) electrons. The maximum atomic E-state index is 9.86. The molecule has 1 fully saturated rings. The van der Waals surface area contributed by atoms with Gasteiger partial charge in [0.1, 0.15) is 11.9 Å². The number of nitrogens with two attached hydrogens (primary N) is 1. The van der Waals surface area contributed by atoms with Crippen LogP contribution >= 0.6 is 0 Å². The van der Waals surface area contributed by atoms with Crippen molar-refractivity contribution in [2.45, 2.75) is 19.0 Å². The molecule has 8 nitrogen and oxygen atoms in total. The number of benzene rings is 1. The number of nitrogens with one attached hydrogen (secondary N) is 2. The van der Waals surface area contributed by atoms with Crippen LogP contribution < -0.4 is 11.1 Å². The molecule has 4 N–H and O–H groups in total. The maximum absolute atomic E-state index is 9.86. The predicted octanol–water partition coefficient (Wildman–Crippen LogP) is 4.31. The molecule has 1 aromatic carbocycles. The van der Waals surface area contributed by atoms with E-state index in [1.165, 1.54) is 0 Å². The molecule has 1 aliphatic rings. The van der Waals surface area contributed by atoms with Crippen LogP contribution in [-0.2, 0) is 6.54 Å². The molecule has 4 aromatic heterocycles. The number of aromatic nitrogens is 4. The van der Waals surface area contributed by atoms with Crippen molar-refractivity contribution in [2.75, 3.05) is 24.1 Å². The molecular weight excluding hydrogens is 436 g/mol. The molecule has 8 heteroatoms. The molecule has 1 saturated heterocycles. The van der Waals surface area contributed by atoms with Crippen LogP contribution in [0.3, 0.4) is 0 Å². The first-order valence-electron chi connectivity index (χ1n) is 11.6. The van der Waals surface area contributed by atoms with E-state index in [0.29, 0.717) is 11.3 Å². The minimum Gasteiger partial charge on any atom is -0.397 e. The molecular formula is C27H24N8. The van der Waals surface area contributed by atoms with Crippen LogP contribution in [0.1, 0.15) is 17.7 Å². The van der Waals surface area contributed by atoms with Crippen molar-refractivity contribution in [1.82, 2.24) is 24.8 Å². The van der Waals surface area contributed by atoms with Crippen molar-refractivity contribution in [3.63, 3.8) is 0 Å². The van der Waals surface area contributed by atoms with E-state index in [2.05, 4.69) is 42.3 Å². The third-order valence-corrected chi connectivity index (χ3v) is 6.59. The number of likely N-dealkylation sites (tertiary alicyclic amines) is 1. The van der Waals surface area contributed by atoms with Crippen LogP contribution in [0.15, 0.2) is 67.3 Å². The van der Waals surface area contributed by atoms with Crippen molar-refractivity contribution < 1.29 is 0 Å². The summed E-state index contributed by atoms with van der Waals surface area (Å²) in [5.41, 5.74) is 11.7. The number of hydrogen-bond acceptors (Lipinski definition) is 7. The van der Waals surface area contributed by atoms with E-state index >= 15 is 0 Å². The smallest absolute Gasteiger partial charge is 0.126 e. The average Bonchev–Trinajstić information content (AvgIpc) is 3.51. The fraction of sp³-hybridized carbons (Fsp3) is 0.185. The number of hydrogen-bond donors (Lipinski definition) is 3. The van der Waals surface area contributed by atoms with Crippen LogP contribution in [-0.4, -0.2) is 44.0 Å². The Morgan fingerprint density at radius 3 is 2.86 bits per heavy atom. The Labute approximate surface area is 202 Å². The molecule has 0 amide bonds. The third-order valence-electron chi connectivity index (χ3n) is 6.59. The first-order valence-corrected chi connectivity index (χ1v) is 11.6. The maximum Gasteiger partial charge on any atom is 0.126 e. The molecule has 5 heterocycles. The summed E-state index contributed by atoms with van der Waals surface area (Å²) < 4.78 is 0. The second kappa shape index (κ2) is 8.70. The van der Waals surface area contributed by atoms with Crippen molar-refractivity contribution in [2.24, 2.45) is 0 Å². The summed E-state index contributed by atoms with van der Waals surface area (Å²) in [4.78, 5) is 19.2. The summed E-state index contributed by atoms with van der Waals surface area (Å²) in [7, 11) is 0. The number of nitrogens with zero attached hydrogens (tertiary/aromatic N) is 5. The van der Waals surface area contributed by atoms with Gasteiger partial charge in [-0.15, -0.1) is 0 Å². The van der Waals surface area contributed by atoms with Gasteiger partial charge in [0.05, 0.1) is 34.9 Å². The number of nitriles is 1. The van der Waals surface area contributed by atoms with Crippen LogP contribution in [0.4, 0.5) is 11.5 Å². The number of anilines is 2. The topological polar surface area (TPSA) is 120 Å². The highest BCUT2D eigenvalue weighted by Gasteiger charge is 2.23. The van der Waals surface area contributed by atoms with Gasteiger partial charge in [-0.25, -0.2) is 4.98 Å². The van der Waals surface area contributed by atoms with Crippen molar-refractivity contribution in [1.29, 1.82) is 5.26 Å². The van der Waals surface area contributed by atoms with E-state index in [4.69, 9.17) is 5.73 Å². The fourth-order valence-corrected chi connectivity index (χ4v) is 4.89. The molecule has 0 bridgehead atoms. The quantitative estimate of drug-likeness (QED) is 0.357. The number of para-hydroxylation sites is 1. The van der Waals surface area contributed by atoms with Crippen LogP contribution in [0.5, 0.6) is 0 Å². The Morgan fingerprint density at radius 2 is 2.00 bits per heavy atom. The lowest BCUT2D eigenvalue weighted by Gasteiger charge is -2.17. The molecule has 1 aliphatic heterocycles. The van der Waals surface area contributed by atoms with E-state index in [9.17, 15) is 5.26 Å². The summed E-state index contributed by atoms with van der Waals surface area (Å²) in [6.07, 6.45) is 8.10. The van der Waals surface area contributed by atoms with Gasteiger partial charge in [0, 0.05) is 65.5 Å². The van der Waals surface area contributed by atoms with Gasteiger partial charge < -0.3 is 16.0 Å². The predicted molar refractivity (Wildman–Crippen MR) is 137 cm³/mol. The van der Waals surface area contributed by atoms with Gasteiger partial charge >= 0.3 is 0 Å². The van der Waals surface area contributed by atoms with Crippen molar-refractivity contribution in [3.8, 4) is 17.2 Å². The molecule has 0 unspecified atom stereocenters. The van der Waals surface area contributed by atoms with Gasteiger partial charge in [0.15, 0.2) is 0 Å². The molecule has 1 atom stereocenters. The Bertz CT molecular complexity index is 1560. The lowest BCUT2D eigenvalue weighted by molar-refractivity contribution is 0.324. The largest absolute Gasteiger partial charge is 0.397 e. The number of nitrogen functional groups attached to an aromatic ring is 1. The fourth-order valence-electron chi connectivity index (χ4n) is 4.89. The molecule has 172 valence electrons. The highest BCUT2D eigenvalue weighted by atomic mass is 15.2. The van der Waals surface area contributed by atoms with Crippen molar-refractivity contribution in [3.05, 3.63) is 78.5 Å². The Kier molecular flexibility index (Phi) is 5.24. The lowest BCUT2D eigenvalue weighted by Crippen LogP contribution is -2.26. The van der Waals surface area contributed by atoms with E-state index in [-0.39, 0.29) is 6.04 Å². The van der Waals surface area contributed by atoms with E-state index < -0.39 is 0 Å². The summed E-state index contributed by atoms with van der Waals surface area (Å²) in [5.74, 6) is 0.785. The first kappa shape index (κ1) is 21.1. The van der Waals surface area contributed by atoms with E-state index in [0.717, 1.165) is 70.5 Å². The number of rotatable bonds is 5. The van der Waals surface area contributed by atoms with Crippen LogP contribution in [0.2, 0.25) is 0 Å². The van der Waals surface area contributed by atoms with Gasteiger partial charge in [-0.3, -0.25) is 14.9 Å². The van der Waals surface area contributed by atoms with Gasteiger partial charge in [0.25, 0.3) is 0 Å². The van der Waals surface area contributed by atoms with Crippen molar-refractivity contribution >= 4 is 33.3 Å². The van der Waals surface area contributed by atoms with Crippen LogP contribution in [0.25, 0.3) is 32.9 Å². The second-order valence-electron chi connectivity index (χ2n) is 8.94. The highest BCUT2D eigenvalue weighted by molar-refractivity contribution is 6.06. The zero-order chi connectivity index (χ0) is 23.8. The zero-order valence-electron chi connectivity index (χ0n) is 19.1. The van der Waals surface area contributed by atoms with Crippen LogP contribution in [0, 0.1) is 11.3 Å². The summed E-state index contributed by atoms with van der Waals surface area (Å²) in [6.45, 7) is 2.68. The van der Waals surface area contributed by atoms with Gasteiger partial charge in [-0.05, 0) is 30.7 Å². The van der Waals surface area contributed by atoms with Gasteiger partial charge in [-0.1, -0.05) is 18.2 Å². The monoisotopic (exact) mass is 460 g/mol. The summed E-state index contributed by atoms with van der Waals surface area (Å²) in [6, 6.07) is 16.6. The Morgan fingerprint density at radius 1 is 1.09 bits per heavy atom. The third kappa shape index (κ3) is 4.03. The molecule has 0 spiro atoms. The zero-order valence-corrected chi connectivity index (χ0v) is 19.1. The van der Waals surface area contributed by atoms with Gasteiger partial charge in [0.2, 0.25) is 0 Å². The number of fused-ring (bicyclic) bond motifs is 2.